The van der Waals surface area contributed by atoms with Gasteiger partial charge in [0.05, 0.1) is 11.7 Å². The van der Waals surface area contributed by atoms with E-state index in [9.17, 15) is 0 Å². The predicted molar refractivity (Wildman–Crippen MR) is 77.4 cm³/mol. The molecule has 1 atom stereocenters. The second-order valence-electron chi connectivity index (χ2n) is 6.51. The molecule has 0 aromatic carbocycles. The molecule has 0 bridgehead atoms. The summed E-state index contributed by atoms with van der Waals surface area (Å²) in [6.07, 6.45) is 2.78. The number of hydrogen-bond donors (Lipinski definition) is 0. The maximum atomic E-state index is 4.61. The summed E-state index contributed by atoms with van der Waals surface area (Å²) in [4.78, 5) is 5.08. The van der Waals surface area contributed by atoms with Gasteiger partial charge in [-0.25, -0.2) is 0 Å². The molecule has 4 nitrogen and oxygen atoms in total. The van der Waals surface area contributed by atoms with Crippen LogP contribution in [0.15, 0.2) is 6.07 Å². The van der Waals surface area contributed by atoms with Gasteiger partial charge in [-0.2, -0.15) is 5.10 Å². The van der Waals surface area contributed by atoms with Crippen molar-refractivity contribution in [3.05, 3.63) is 17.5 Å². The molecule has 0 spiro atoms. The molecule has 2 saturated heterocycles. The first-order chi connectivity index (χ1) is 9.11. The number of nitrogens with zero attached hydrogens (tertiary/aromatic N) is 4. The van der Waals surface area contributed by atoms with Crippen molar-refractivity contribution >= 4 is 0 Å². The number of aryl methyl sites for hydroxylation is 2. The van der Waals surface area contributed by atoms with E-state index in [-0.39, 0.29) is 0 Å². The van der Waals surface area contributed by atoms with Gasteiger partial charge in [0.15, 0.2) is 0 Å². The lowest BCUT2D eigenvalue weighted by Gasteiger charge is -2.43. The van der Waals surface area contributed by atoms with Gasteiger partial charge in [0.2, 0.25) is 0 Å². The smallest absolute Gasteiger partial charge is 0.0775 e. The Kier molecular flexibility index (Phi) is 3.63. The maximum absolute atomic E-state index is 4.61. The topological polar surface area (TPSA) is 24.3 Å². The van der Waals surface area contributed by atoms with Crippen LogP contribution in [0.3, 0.4) is 0 Å². The number of likely N-dealkylation sites (tertiary alicyclic amines) is 2. The van der Waals surface area contributed by atoms with Crippen molar-refractivity contribution in [2.24, 2.45) is 5.92 Å². The van der Waals surface area contributed by atoms with E-state index < -0.39 is 0 Å². The average Bonchev–Trinajstić information content (AvgIpc) is 2.62. The Balaban J connectivity index is 1.49. The van der Waals surface area contributed by atoms with Gasteiger partial charge in [0.1, 0.15) is 0 Å². The first kappa shape index (κ1) is 13.1. The van der Waals surface area contributed by atoms with E-state index in [2.05, 4.69) is 46.5 Å². The summed E-state index contributed by atoms with van der Waals surface area (Å²) >= 11 is 0. The highest BCUT2D eigenvalue weighted by atomic mass is 15.4. The van der Waals surface area contributed by atoms with Crippen molar-refractivity contribution in [3.8, 4) is 0 Å². The first-order valence-electron chi connectivity index (χ1n) is 7.55. The summed E-state index contributed by atoms with van der Waals surface area (Å²) in [5, 5.41) is 4.61. The summed E-state index contributed by atoms with van der Waals surface area (Å²) in [6.45, 7) is 10.5. The normalized spacial score (nSPS) is 26.6. The Labute approximate surface area is 116 Å². The zero-order chi connectivity index (χ0) is 13.4. The van der Waals surface area contributed by atoms with Crippen LogP contribution < -0.4 is 0 Å². The molecule has 3 heterocycles. The highest BCUT2D eigenvalue weighted by Gasteiger charge is 2.31. The van der Waals surface area contributed by atoms with E-state index in [0.717, 1.165) is 11.6 Å². The second-order valence-corrected chi connectivity index (χ2v) is 6.51. The van der Waals surface area contributed by atoms with Gasteiger partial charge in [-0.05, 0) is 52.3 Å². The van der Waals surface area contributed by atoms with Crippen LogP contribution in [0.2, 0.25) is 0 Å². The van der Waals surface area contributed by atoms with E-state index in [4.69, 9.17) is 0 Å². The molecule has 0 radical (unpaired) electrons. The largest absolute Gasteiger partial charge is 0.306 e. The molecule has 3 rings (SSSR count). The number of aromatic nitrogens is 2. The summed E-state index contributed by atoms with van der Waals surface area (Å²) in [6, 6.07) is 2.79. The molecule has 1 unspecified atom stereocenters. The molecule has 2 fully saturated rings. The third-order valence-corrected chi connectivity index (χ3v) is 4.57. The molecule has 19 heavy (non-hydrogen) atoms. The van der Waals surface area contributed by atoms with Gasteiger partial charge in [0.25, 0.3) is 0 Å². The molecular formula is C15H26N4. The third-order valence-electron chi connectivity index (χ3n) is 4.57. The maximum Gasteiger partial charge on any atom is 0.0775 e. The summed E-state index contributed by atoms with van der Waals surface area (Å²) in [5.74, 6) is 0.875. The van der Waals surface area contributed by atoms with Gasteiger partial charge in [0, 0.05) is 31.9 Å². The van der Waals surface area contributed by atoms with E-state index >= 15 is 0 Å². The molecule has 0 aliphatic carbocycles. The van der Waals surface area contributed by atoms with Gasteiger partial charge in [-0.3, -0.25) is 9.58 Å². The van der Waals surface area contributed by atoms with Crippen molar-refractivity contribution < 1.29 is 0 Å². The summed E-state index contributed by atoms with van der Waals surface area (Å²) < 4.78 is 2.22. The Hall–Kier alpha value is -0.870. The van der Waals surface area contributed by atoms with Crippen molar-refractivity contribution in [1.82, 2.24) is 19.6 Å². The van der Waals surface area contributed by atoms with Crippen LogP contribution in [0.4, 0.5) is 0 Å². The van der Waals surface area contributed by atoms with E-state index in [1.165, 1.54) is 51.3 Å². The van der Waals surface area contributed by atoms with Crippen molar-refractivity contribution in [2.75, 3.05) is 39.8 Å². The predicted octanol–water partition coefficient (Wildman–Crippen LogP) is 1.70. The second kappa shape index (κ2) is 5.25. The van der Waals surface area contributed by atoms with Crippen molar-refractivity contribution in [1.29, 1.82) is 0 Å². The van der Waals surface area contributed by atoms with Crippen LogP contribution in [0, 0.1) is 19.8 Å². The molecule has 0 saturated carbocycles. The lowest BCUT2D eigenvalue weighted by Crippen LogP contribution is -2.51. The van der Waals surface area contributed by atoms with Crippen LogP contribution >= 0.6 is 0 Å². The van der Waals surface area contributed by atoms with E-state index in [0.29, 0.717) is 6.04 Å². The fraction of sp³-hybridized carbons (Fsp3) is 0.800. The number of rotatable bonds is 3. The van der Waals surface area contributed by atoms with Crippen LogP contribution in [0.5, 0.6) is 0 Å². The molecular weight excluding hydrogens is 236 g/mol. The van der Waals surface area contributed by atoms with Crippen LogP contribution in [0.25, 0.3) is 0 Å². The zero-order valence-corrected chi connectivity index (χ0v) is 12.5. The quantitative estimate of drug-likeness (QED) is 0.828. The third kappa shape index (κ3) is 2.84. The zero-order valence-electron chi connectivity index (χ0n) is 12.5. The minimum absolute atomic E-state index is 0.607. The molecule has 1 aromatic rings. The molecule has 4 heteroatoms. The standard InChI is InChI=1S/C15H26N4/c1-12-7-13(2)19(16-12)15-10-18(11-15)9-14-5-4-6-17(3)8-14/h7,14-15H,4-6,8-11H2,1-3H3. The first-order valence-corrected chi connectivity index (χ1v) is 7.55. The fourth-order valence-corrected chi connectivity index (χ4v) is 3.65. The lowest BCUT2D eigenvalue weighted by atomic mass is 9.96. The van der Waals surface area contributed by atoms with Crippen LogP contribution in [-0.2, 0) is 0 Å². The molecule has 0 amide bonds. The van der Waals surface area contributed by atoms with Gasteiger partial charge in [-0.15, -0.1) is 0 Å². The summed E-state index contributed by atoms with van der Waals surface area (Å²) in [7, 11) is 2.25. The molecule has 0 N–H and O–H groups in total. The van der Waals surface area contributed by atoms with Crippen molar-refractivity contribution in [2.45, 2.75) is 32.7 Å². The number of hydrogen-bond acceptors (Lipinski definition) is 3. The Bertz CT molecular complexity index is 433. The SMILES string of the molecule is Cc1cc(C)n(C2CN(CC3CCCN(C)C3)C2)n1. The van der Waals surface area contributed by atoms with Crippen LogP contribution in [-0.4, -0.2) is 59.4 Å². The van der Waals surface area contributed by atoms with Gasteiger partial charge >= 0.3 is 0 Å². The van der Waals surface area contributed by atoms with E-state index in [1.807, 2.05) is 0 Å². The Morgan fingerprint density at radius 3 is 2.68 bits per heavy atom. The molecule has 106 valence electrons. The van der Waals surface area contributed by atoms with E-state index in [1.54, 1.807) is 0 Å². The van der Waals surface area contributed by atoms with Crippen LogP contribution in [0.1, 0.15) is 30.3 Å². The Morgan fingerprint density at radius 1 is 1.26 bits per heavy atom. The number of piperidine rings is 1. The minimum atomic E-state index is 0.607. The molecule has 1 aromatic heterocycles. The lowest BCUT2D eigenvalue weighted by molar-refractivity contribution is 0.0610. The van der Waals surface area contributed by atoms with Gasteiger partial charge < -0.3 is 4.90 Å². The molecule has 2 aliphatic heterocycles. The minimum Gasteiger partial charge on any atom is -0.306 e. The molecule has 2 aliphatic rings. The van der Waals surface area contributed by atoms with Gasteiger partial charge in [-0.1, -0.05) is 0 Å². The summed E-state index contributed by atoms with van der Waals surface area (Å²) in [5.41, 5.74) is 2.45. The monoisotopic (exact) mass is 262 g/mol. The highest BCUT2D eigenvalue weighted by molar-refractivity contribution is 5.09. The average molecular weight is 262 g/mol. The highest BCUT2D eigenvalue weighted by Crippen LogP contribution is 2.25. The Morgan fingerprint density at radius 2 is 2.05 bits per heavy atom. The fourth-order valence-electron chi connectivity index (χ4n) is 3.65. The van der Waals surface area contributed by atoms with Crippen molar-refractivity contribution in [3.63, 3.8) is 0 Å².